The zero-order chi connectivity index (χ0) is 13.7. The van der Waals surface area contributed by atoms with Gasteiger partial charge in [0.15, 0.2) is 0 Å². The minimum absolute atomic E-state index is 0.0318. The molecule has 0 fully saturated rings. The van der Waals surface area contributed by atoms with Crippen molar-refractivity contribution in [3.63, 3.8) is 0 Å². The summed E-state index contributed by atoms with van der Waals surface area (Å²) in [4.78, 5) is 0. The zero-order valence-electron chi connectivity index (χ0n) is 11.2. The van der Waals surface area contributed by atoms with Crippen molar-refractivity contribution in [3.05, 3.63) is 58.6 Å². The molecule has 19 heavy (non-hydrogen) atoms. The summed E-state index contributed by atoms with van der Waals surface area (Å²) in [6, 6.07) is 14.1. The third-order valence-corrected chi connectivity index (χ3v) is 3.56. The summed E-state index contributed by atoms with van der Waals surface area (Å²) in [5.41, 5.74) is 4.38. The van der Waals surface area contributed by atoms with E-state index in [4.69, 9.17) is 11.6 Å². The lowest BCUT2D eigenvalue weighted by Crippen LogP contribution is -1.90. The maximum atomic E-state index is 9.40. The van der Waals surface area contributed by atoms with E-state index in [-0.39, 0.29) is 6.61 Å². The largest absolute Gasteiger partial charge is 0.392 e. The van der Waals surface area contributed by atoms with E-state index in [0.29, 0.717) is 5.02 Å². The lowest BCUT2D eigenvalue weighted by Gasteiger charge is -2.09. The van der Waals surface area contributed by atoms with Gasteiger partial charge in [0, 0.05) is 5.02 Å². The summed E-state index contributed by atoms with van der Waals surface area (Å²) in [6.07, 6.45) is 3.56. The molecule has 0 saturated carbocycles. The highest BCUT2D eigenvalue weighted by atomic mass is 35.5. The first-order chi connectivity index (χ1) is 9.24. The number of halogens is 1. The Labute approximate surface area is 119 Å². The van der Waals surface area contributed by atoms with Crippen molar-refractivity contribution in [1.29, 1.82) is 0 Å². The molecule has 0 atom stereocenters. The van der Waals surface area contributed by atoms with E-state index in [9.17, 15) is 5.11 Å². The van der Waals surface area contributed by atoms with Crippen molar-refractivity contribution < 1.29 is 5.11 Å². The van der Waals surface area contributed by atoms with Crippen LogP contribution in [-0.4, -0.2) is 5.11 Å². The Morgan fingerprint density at radius 1 is 1.05 bits per heavy atom. The van der Waals surface area contributed by atoms with E-state index in [1.807, 2.05) is 18.2 Å². The van der Waals surface area contributed by atoms with Gasteiger partial charge in [0.2, 0.25) is 0 Å². The molecule has 2 heteroatoms. The summed E-state index contributed by atoms with van der Waals surface area (Å²) in [5.74, 6) is 0. The number of aryl methyl sites for hydroxylation is 1. The number of aliphatic hydroxyl groups excluding tert-OH is 1. The summed E-state index contributed by atoms with van der Waals surface area (Å²) < 4.78 is 0. The Bertz CT molecular complexity index is 531. The predicted octanol–water partition coefficient (Wildman–Crippen LogP) is 4.84. The monoisotopic (exact) mass is 274 g/mol. The second kappa shape index (κ2) is 6.74. The van der Waals surface area contributed by atoms with Gasteiger partial charge in [0.25, 0.3) is 0 Å². The molecule has 0 bridgehead atoms. The molecule has 100 valence electrons. The Hall–Kier alpha value is -1.31. The normalized spacial score (nSPS) is 10.7. The van der Waals surface area contributed by atoms with Crippen molar-refractivity contribution in [2.24, 2.45) is 0 Å². The molecular weight excluding hydrogens is 256 g/mol. The van der Waals surface area contributed by atoms with Crippen LogP contribution in [0.1, 0.15) is 30.9 Å². The molecule has 0 aliphatic heterocycles. The quantitative estimate of drug-likeness (QED) is 0.827. The van der Waals surface area contributed by atoms with Crippen LogP contribution in [0.2, 0.25) is 5.02 Å². The predicted molar refractivity (Wildman–Crippen MR) is 81.4 cm³/mol. The minimum atomic E-state index is 0.0318. The SMILES string of the molecule is CCCCc1ccc(-c2cc(Cl)ccc2CO)cc1. The molecule has 0 radical (unpaired) electrons. The third kappa shape index (κ3) is 3.59. The molecule has 2 aromatic carbocycles. The van der Waals surface area contributed by atoms with Gasteiger partial charge in [-0.1, -0.05) is 55.3 Å². The molecule has 0 aliphatic rings. The standard InChI is InChI=1S/C17H19ClO/c1-2-3-4-13-5-7-14(8-6-13)17-11-16(18)10-9-15(17)12-19/h5-11,19H,2-4,12H2,1H3. The maximum Gasteiger partial charge on any atom is 0.0687 e. The summed E-state index contributed by atoms with van der Waals surface area (Å²) in [6.45, 7) is 2.23. The van der Waals surface area contributed by atoms with Crippen molar-refractivity contribution in [2.45, 2.75) is 32.8 Å². The molecule has 0 aliphatic carbocycles. The van der Waals surface area contributed by atoms with Gasteiger partial charge in [-0.2, -0.15) is 0 Å². The number of hydrogen-bond donors (Lipinski definition) is 1. The third-order valence-electron chi connectivity index (χ3n) is 3.33. The second-order valence-electron chi connectivity index (χ2n) is 4.76. The average Bonchev–Trinajstić information content (AvgIpc) is 2.45. The number of rotatable bonds is 5. The molecule has 0 unspecified atom stereocenters. The van der Waals surface area contributed by atoms with Gasteiger partial charge in [-0.15, -0.1) is 0 Å². The number of unbranched alkanes of at least 4 members (excludes halogenated alkanes) is 1. The number of benzene rings is 2. The first-order valence-electron chi connectivity index (χ1n) is 6.73. The molecule has 0 saturated heterocycles. The van der Waals surface area contributed by atoms with Crippen LogP contribution in [0.4, 0.5) is 0 Å². The van der Waals surface area contributed by atoms with Gasteiger partial charge in [0.1, 0.15) is 0 Å². The van der Waals surface area contributed by atoms with E-state index < -0.39 is 0 Å². The molecule has 2 aromatic rings. The van der Waals surface area contributed by atoms with Crippen LogP contribution in [0.15, 0.2) is 42.5 Å². The van der Waals surface area contributed by atoms with Crippen LogP contribution in [0.3, 0.4) is 0 Å². The Balaban J connectivity index is 2.29. The molecule has 0 spiro atoms. The minimum Gasteiger partial charge on any atom is -0.392 e. The van der Waals surface area contributed by atoms with E-state index in [2.05, 4.69) is 31.2 Å². The topological polar surface area (TPSA) is 20.2 Å². The van der Waals surface area contributed by atoms with Crippen LogP contribution >= 0.6 is 11.6 Å². The van der Waals surface area contributed by atoms with E-state index in [1.54, 1.807) is 0 Å². The summed E-state index contributed by atoms with van der Waals surface area (Å²) >= 11 is 6.04. The van der Waals surface area contributed by atoms with Crippen LogP contribution in [0.5, 0.6) is 0 Å². The van der Waals surface area contributed by atoms with E-state index in [1.165, 1.54) is 18.4 Å². The van der Waals surface area contributed by atoms with Crippen LogP contribution < -0.4 is 0 Å². The van der Waals surface area contributed by atoms with Crippen LogP contribution in [0, 0.1) is 0 Å². The summed E-state index contributed by atoms with van der Waals surface area (Å²) in [5, 5.41) is 10.1. The highest BCUT2D eigenvalue weighted by Gasteiger charge is 2.05. The van der Waals surface area contributed by atoms with Crippen molar-refractivity contribution in [1.82, 2.24) is 0 Å². The molecular formula is C17H19ClO. The Morgan fingerprint density at radius 3 is 2.42 bits per heavy atom. The van der Waals surface area contributed by atoms with E-state index >= 15 is 0 Å². The fourth-order valence-electron chi connectivity index (χ4n) is 2.19. The van der Waals surface area contributed by atoms with Crippen molar-refractivity contribution in [2.75, 3.05) is 0 Å². The smallest absolute Gasteiger partial charge is 0.0687 e. The molecule has 0 heterocycles. The number of hydrogen-bond acceptors (Lipinski definition) is 1. The summed E-state index contributed by atoms with van der Waals surface area (Å²) in [7, 11) is 0. The highest BCUT2D eigenvalue weighted by molar-refractivity contribution is 6.30. The number of aliphatic hydroxyl groups is 1. The maximum absolute atomic E-state index is 9.40. The molecule has 0 aromatic heterocycles. The molecule has 2 rings (SSSR count). The van der Waals surface area contributed by atoms with Gasteiger partial charge in [-0.3, -0.25) is 0 Å². The lowest BCUT2D eigenvalue weighted by atomic mass is 9.98. The van der Waals surface area contributed by atoms with Crippen LogP contribution in [-0.2, 0) is 13.0 Å². The molecule has 1 N–H and O–H groups in total. The first-order valence-corrected chi connectivity index (χ1v) is 7.11. The second-order valence-corrected chi connectivity index (χ2v) is 5.20. The fourth-order valence-corrected chi connectivity index (χ4v) is 2.36. The Morgan fingerprint density at radius 2 is 1.79 bits per heavy atom. The van der Waals surface area contributed by atoms with Gasteiger partial charge in [-0.05, 0) is 47.2 Å². The van der Waals surface area contributed by atoms with Gasteiger partial charge in [0.05, 0.1) is 6.61 Å². The van der Waals surface area contributed by atoms with Crippen LogP contribution in [0.25, 0.3) is 11.1 Å². The van der Waals surface area contributed by atoms with Gasteiger partial charge in [-0.25, -0.2) is 0 Å². The Kier molecular flexibility index (Phi) is 5.00. The fraction of sp³-hybridized carbons (Fsp3) is 0.294. The van der Waals surface area contributed by atoms with Gasteiger partial charge < -0.3 is 5.11 Å². The van der Waals surface area contributed by atoms with Crippen molar-refractivity contribution in [3.8, 4) is 11.1 Å². The molecule has 0 amide bonds. The average molecular weight is 275 g/mol. The molecule has 1 nitrogen and oxygen atoms in total. The lowest BCUT2D eigenvalue weighted by molar-refractivity contribution is 0.282. The van der Waals surface area contributed by atoms with Crippen molar-refractivity contribution >= 4 is 11.6 Å². The van der Waals surface area contributed by atoms with Gasteiger partial charge >= 0.3 is 0 Å². The van der Waals surface area contributed by atoms with E-state index in [0.717, 1.165) is 23.1 Å². The zero-order valence-corrected chi connectivity index (χ0v) is 12.0. The highest BCUT2D eigenvalue weighted by Crippen LogP contribution is 2.27. The first kappa shape index (κ1) is 14.1.